The number of amides is 1. The topological polar surface area (TPSA) is 45.2 Å². The zero-order chi connectivity index (χ0) is 17.8. The number of hydrogen-bond donors (Lipinski definition) is 1. The lowest BCUT2D eigenvalue weighted by Gasteiger charge is -2.20. The van der Waals surface area contributed by atoms with Crippen molar-refractivity contribution in [3.63, 3.8) is 0 Å². The molecule has 25 heavy (non-hydrogen) atoms. The van der Waals surface area contributed by atoms with Crippen LogP contribution in [0.15, 0.2) is 71.5 Å². The molecule has 4 nitrogen and oxygen atoms in total. The molecule has 3 rings (SSSR count). The molecule has 1 N–H and O–H groups in total. The lowest BCUT2D eigenvalue weighted by Crippen LogP contribution is -2.14. The van der Waals surface area contributed by atoms with Gasteiger partial charge in [0.1, 0.15) is 5.82 Å². The Labute approximate surface area is 153 Å². The minimum Gasteiger partial charge on any atom is -0.343 e. The number of pyridine rings is 1. The summed E-state index contributed by atoms with van der Waals surface area (Å²) in [5.41, 5.74) is 2.30. The van der Waals surface area contributed by atoms with Gasteiger partial charge in [0.2, 0.25) is 0 Å². The highest BCUT2D eigenvalue weighted by Crippen LogP contribution is 2.27. The van der Waals surface area contributed by atoms with Gasteiger partial charge in [-0.3, -0.25) is 9.78 Å². The van der Waals surface area contributed by atoms with Crippen LogP contribution in [0.25, 0.3) is 0 Å². The Kier molecular flexibility index (Phi) is 5.09. The summed E-state index contributed by atoms with van der Waals surface area (Å²) in [5, 5.41) is 2.73. The van der Waals surface area contributed by atoms with Crippen molar-refractivity contribution in [2.45, 2.75) is 0 Å². The first-order valence-electron chi connectivity index (χ1n) is 7.54. The number of carbonyl (C=O) groups is 1. The number of rotatable bonds is 4. The lowest BCUT2D eigenvalue weighted by atomic mass is 10.2. The Morgan fingerprint density at radius 1 is 1.12 bits per heavy atom. The maximum absolute atomic E-state index is 14.0. The van der Waals surface area contributed by atoms with Gasteiger partial charge in [-0.2, -0.15) is 0 Å². The highest BCUT2D eigenvalue weighted by atomic mass is 79.9. The summed E-state index contributed by atoms with van der Waals surface area (Å²) in [6.45, 7) is 0. The smallest absolute Gasteiger partial charge is 0.255 e. The van der Waals surface area contributed by atoms with Gasteiger partial charge >= 0.3 is 0 Å². The number of nitrogens with zero attached hydrogens (tertiary/aromatic N) is 2. The van der Waals surface area contributed by atoms with Crippen molar-refractivity contribution in [1.29, 1.82) is 0 Å². The summed E-state index contributed by atoms with van der Waals surface area (Å²) in [6.07, 6.45) is 3.36. The van der Waals surface area contributed by atoms with Crippen LogP contribution in [-0.4, -0.2) is 17.9 Å². The van der Waals surface area contributed by atoms with Gasteiger partial charge in [-0.1, -0.05) is 22.0 Å². The zero-order valence-corrected chi connectivity index (χ0v) is 15.0. The molecule has 126 valence electrons. The van der Waals surface area contributed by atoms with Crippen molar-refractivity contribution in [2.75, 3.05) is 17.3 Å². The van der Waals surface area contributed by atoms with E-state index in [1.54, 1.807) is 47.6 Å². The van der Waals surface area contributed by atoms with Gasteiger partial charge in [0.15, 0.2) is 0 Å². The van der Waals surface area contributed by atoms with Crippen LogP contribution < -0.4 is 10.2 Å². The van der Waals surface area contributed by atoms with Gasteiger partial charge in [0.05, 0.1) is 11.9 Å². The van der Waals surface area contributed by atoms with Gasteiger partial charge in [0.25, 0.3) is 5.91 Å². The zero-order valence-electron chi connectivity index (χ0n) is 13.4. The van der Waals surface area contributed by atoms with Crippen molar-refractivity contribution in [1.82, 2.24) is 4.98 Å². The molecule has 0 aliphatic carbocycles. The van der Waals surface area contributed by atoms with Crippen LogP contribution in [0.1, 0.15) is 10.4 Å². The number of benzene rings is 2. The number of carbonyl (C=O) groups excluding carboxylic acids is 1. The molecule has 0 saturated carbocycles. The van der Waals surface area contributed by atoms with E-state index in [4.69, 9.17) is 0 Å². The quantitative estimate of drug-likeness (QED) is 0.670. The van der Waals surface area contributed by atoms with Crippen LogP contribution in [0.3, 0.4) is 0 Å². The third-order valence-corrected chi connectivity index (χ3v) is 4.14. The molecule has 1 amide bonds. The van der Waals surface area contributed by atoms with Gasteiger partial charge < -0.3 is 10.2 Å². The first-order chi connectivity index (χ1) is 12.0. The highest BCUT2D eigenvalue weighted by molar-refractivity contribution is 9.10. The van der Waals surface area contributed by atoms with Crippen LogP contribution in [0.5, 0.6) is 0 Å². The number of anilines is 3. The number of aromatic nitrogens is 1. The van der Waals surface area contributed by atoms with Crippen molar-refractivity contribution >= 4 is 38.9 Å². The summed E-state index contributed by atoms with van der Waals surface area (Å²) in [4.78, 5) is 18.2. The third kappa shape index (κ3) is 4.22. The lowest BCUT2D eigenvalue weighted by molar-refractivity contribution is 0.102. The van der Waals surface area contributed by atoms with Crippen molar-refractivity contribution in [3.05, 3.63) is 82.8 Å². The molecule has 0 spiro atoms. The standard InChI is InChI=1S/C19H15BrFN3O/c1-24(17-6-3-7-22-12-17)18-10-15(21)9-16(11-18)23-19(25)13-4-2-5-14(20)8-13/h2-12H,1H3,(H,23,25). The van der Waals surface area contributed by atoms with E-state index < -0.39 is 5.82 Å². The van der Waals surface area contributed by atoms with Gasteiger partial charge in [-0.25, -0.2) is 4.39 Å². The van der Waals surface area contributed by atoms with Gasteiger partial charge in [-0.05, 0) is 48.5 Å². The first-order valence-corrected chi connectivity index (χ1v) is 8.33. The molecule has 0 saturated heterocycles. The molecule has 6 heteroatoms. The summed E-state index contributed by atoms with van der Waals surface area (Å²) in [6, 6.07) is 15.1. The second-order valence-electron chi connectivity index (χ2n) is 5.43. The molecule has 0 atom stereocenters. The van der Waals surface area contributed by atoms with E-state index in [1.807, 2.05) is 19.2 Å². The van der Waals surface area contributed by atoms with Crippen LogP contribution in [0.2, 0.25) is 0 Å². The Hall–Kier alpha value is -2.73. The largest absolute Gasteiger partial charge is 0.343 e. The summed E-state index contributed by atoms with van der Waals surface area (Å²) in [5.74, 6) is -0.736. The van der Waals surface area contributed by atoms with Crippen LogP contribution >= 0.6 is 15.9 Å². The molecular formula is C19H15BrFN3O. The molecule has 0 fully saturated rings. The van der Waals surface area contributed by atoms with Gasteiger partial charge in [0, 0.05) is 34.7 Å². The first kappa shape index (κ1) is 17.1. The van der Waals surface area contributed by atoms with Crippen LogP contribution in [0.4, 0.5) is 21.5 Å². The summed E-state index contributed by atoms with van der Waals surface area (Å²) in [7, 11) is 1.81. The Morgan fingerprint density at radius 2 is 1.96 bits per heavy atom. The van der Waals surface area contributed by atoms with Crippen molar-refractivity contribution in [3.8, 4) is 0 Å². The molecule has 0 unspecified atom stereocenters. The number of nitrogens with one attached hydrogen (secondary N) is 1. The van der Waals surface area contributed by atoms with Crippen molar-refractivity contribution < 1.29 is 9.18 Å². The van der Waals surface area contributed by atoms with Crippen LogP contribution in [-0.2, 0) is 0 Å². The minimum absolute atomic E-state index is 0.304. The fourth-order valence-corrected chi connectivity index (χ4v) is 2.77. The molecule has 0 aliphatic rings. The van der Waals surface area contributed by atoms with E-state index in [9.17, 15) is 9.18 Å². The van der Waals surface area contributed by atoms with Crippen molar-refractivity contribution in [2.24, 2.45) is 0 Å². The fourth-order valence-electron chi connectivity index (χ4n) is 2.37. The molecule has 0 bridgehead atoms. The molecule has 1 aromatic heterocycles. The predicted molar refractivity (Wildman–Crippen MR) is 101 cm³/mol. The average Bonchev–Trinajstić information content (AvgIpc) is 2.61. The van der Waals surface area contributed by atoms with E-state index in [1.165, 1.54) is 12.1 Å². The predicted octanol–water partition coefficient (Wildman–Crippen LogP) is 5.00. The Balaban J connectivity index is 1.85. The van der Waals surface area contributed by atoms with E-state index in [0.29, 0.717) is 16.9 Å². The normalized spacial score (nSPS) is 10.4. The summed E-state index contributed by atoms with van der Waals surface area (Å²) < 4.78 is 14.8. The fraction of sp³-hybridized carbons (Fsp3) is 0.0526. The molecule has 1 heterocycles. The SMILES string of the molecule is CN(c1cccnc1)c1cc(F)cc(NC(=O)c2cccc(Br)c2)c1. The molecule has 0 radical (unpaired) electrons. The van der Waals surface area contributed by atoms with E-state index in [2.05, 4.69) is 26.2 Å². The minimum atomic E-state index is -0.433. The summed E-state index contributed by atoms with van der Waals surface area (Å²) >= 11 is 3.33. The second-order valence-corrected chi connectivity index (χ2v) is 6.35. The monoisotopic (exact) mass is 399 g/mol. The van der Waals surface area contributed by atoms with Crippen LogP contribution in [0, 0.1) is 5.82 Å². The average molecular weight is 400 g/mol. The van der Waals surface area contributed by atoms with E-state index >= 15 is 0 Å². The molecule has 0 aliphatic heterocycles. The van der Waals surface area contributed by atoms with E-state index in [0.717, 1.165) is 10.2 Å². The number of hydrogen-bond acceptors (Lipinski definition) is 3. The Bertz CT molecular complexity index is 902. The third-order valence-electron chi connectivity index (χ3n) is 3.65. The molecule has 3 aromatic rings. The maximum atomic E-state index is 14.0. The maximum Gasteiger partial charge on any atom is 0.255 e. The Morgan fingerprint density at radius 3 is 2.68 bits per heavy atom. The highest BCUT2D eigenvalue weighted by Gasteiger charge is 2.11. The van der Waals surface area contributed by atoms with Gasteiger partial charge in [-0.15, -0.1) is 0 Å². The van der Waals surface area contributed by atoms with E-state index in [-0.39, 0.29) is 5.91 Å². The second kappa shape index (κ2) is 7.44. The molecular weight excluding hydrogens is 385 g/mol. The molecule has 2 aromatic carbocycles. The number of halogens is 2.